The lowest BCUT2D eigenvalue weighted by Crippen LogP contribution is -2.19. The molecule has 0 saturated heterocycles. The molecule has 2 aromatic heterocycles. The van der Waals surface area contributed by atoms with Crippen LogP contribution in [0.3, 0.4) is 0 Å². The van der Waals surface area contributed by atoms with E-state index in [9.17, 15) is 9.59 Å². The summed E-state index contributed by atoms with van der Waals surface area (Å²) < 4.78 is 0. The molecular weight excluding hydrogens is 460 g/mol. The number of nitrogens with one attached hydrogen (secondary N) is 4. The Bertz CT molecular complexity index is 1150. The van der Waals surface area contributed by atoms with Gasteiger partial charge in [0.1, 0.15) is 10.0 Å². The summed E-state index contributed by atoms with van der Waals surface area (Å²) in [6.45, 7) is 3.95. The minimum Gasteiger partial charge on any atom is -0.308 e. The van der Waals surface area contributed by atoms with E-state index in [1.807, 2.05) is 62.4 Å². The summed E-state index contributed by atoms with van der Waals surface area (Å²) in [5, 5.41) is 29.0. The second-order valence-corrected chi connectivity index (χ2v) is 9.19. The van der Waals surface area contributed by atoms with Crippen LogP contribution in [-0.2, 0) is 6.42 Å². The van der Waals surface area contributed by atoms with Gasteiger partial charge in [-0.2, -0.15) is 0 Å². The number of urea groups is 2. The predicted octanol–water partition coefficient (Wildman–Crippen LogP) is 4.89. The van der Waals surface area contributed by atoms with Gasteiger partial charge < -0.3 is 10.6 Å². The Balaban J connectivity index is 1.27. The summed E-state index contributed by atoms with van der Waals surface area (Å²) in [6.07, 6.45) is 0.387. The van der Waals surface area contributed by atoms with Crippen LogP contribution >= 0.6 is 22.7 Å². The molecule has 168 valence electrons. The van der Waals surface area contributed by atoms with Gasteiger partial charge in [0.05, 0.1) is 6.42 Å². The molecule has 0 aliphatic rings. The fraction of sp³-hybridized carbons (Fsp3) is 0.143. The molecule has 0 unspecified atom stereocenters. The Morgan fingerprint density at radius 2 is 1.03 bits per heavy atom. The average Bonchev–Trinajstić information content (AvgIpc) is 3.40. The predicted molar refractivity (Wildman–Crippen MR) is 130 cm³/mol. The molecule has 10 nitrogen and oxygen atoms in total. The average molecular weight is 481 g/mol. The molecular formula is C21H20N8O2S2. The fourth-order valence-electron chi connectivity index (χ4n) is 2.67. The molecule has 33 heavy (non-hydrogen) atoms. The van der Waals surface area contributed by atoms with Gasteiger partial charge in [-0.3, -0.25) is 10.6 Å². The first-order chi connectivity index (χ1) is 15.9. The fourth-order valence-corrected chi connectivity index (χ4v) is 4.24. The normalized spacial score (nSPS) is 10.5. The standard InChI is InChI=1S/C21H20N8O2S2/c1-12-3-7-14(8-4-12)22-18(30)24-20-28-26-16(32-20)11-17-27-29-21(33-17)25-19(31)23-15-9-5-13(2)6-10-15/h3-10H,11H2,1-2H3,(H2,22,24,28,30)(H2,23,25,29,31). The van der Waals surface area contributed by atoms with E-state index in [4.69, 9.17) is 0 Å². The van der Waals surface area contributed by atoms with Gasteiger partial charge in [0.15, 0.2) is 0 Å². The van der Waals surface area contributed by atoms with E-state index in [-0.39, 0.29) is 0 Å². The summed E-state index contributed by atoms with van der Waals surface area (Å²) in [7, 11) is 0. The van der Waals surface area contributed by atoms with Gasteiger partial charge in [0, 0.05) is 11.4 Å². The van der Waals surface area contributed by atoms with Crippen molar-refractivity contribution in [3.05, 3.63) is 69.7 Å². The van der Waals surface area contributed by atoms with Crippen molar-refractivity contribution >= 4 is 56.4 Å². The molecule has 0 bridgehead atoms. The third-order valence-electron chi connectivity index (χ3n) is 4.30. The van der Waals surface area contributed by atoms with Gasteiger partial charge in [0.25, 0.3) is 0 Å². The molecule has 0 spiro atoms. The molecule has 2 aromatic carbocycles. The minimum absolute atomic E-state index is 0.370. The first-order valence-electron chi connectivity index (χ1n) is 9.87. The van der Waals surface area contributed by atoms with Crippen LogP contribution in [0.25, 0.3) is 0 Å². The van der Waals surface area contributed by atoms with Gasteiger partial charge in [-0.1, -0.05) is 58.1 Å². The van der Waals surface area contributed by atoms with E-state index in [0.717, 1.165) is 11.1 Å². The molecule has 4 aromatic rings. The number of hydrogen-bond donors (Lipinski definition) is 4. The van der Waals surface area contributed by atoms with Crippen molar-refractivity contribution in [2.75, 3.05) is 21.3 Å². The van der Waals surface area contributed by atoms with Gasteiger partial charge >= 0.3 is 12.1 Å². The SMILES string of the molecule is Cc1ccc(NC(=O)Nc2nnc(Cc3nnc(NC(=O)Nc4ccc(C)cc4)s3)s2)cc1. The van der Waals surface area contributed by atoms with E-state index in [1.165, 1.54) is 22.7 Å². The first kappa shape index (κ1) is 22.3. The molecule has 0 atom stereocenters. The molecule has 0 saturated carbocycles. The highest BCUT2D eigenvalue weighted by Gasteiger charge is 2.13. The topological polar surface area (TPSA) is 134 Å². The maximum absolute atomic E-state index is 12.1. The number of amides is 4. The van der Waals surface area contributed by atoms with E-state index in [2.05, 4.69) is 41.7 Å². The van der Waals surface area contributed by atoms with Crippen LogP contribution in [0.1, 0.15) is 21.1 Å². The Hall–Kier alpha value is -3.90. The molecule has 4 rings (SSSR count). The quantitative estimate of drug-likeness (QED) is 0.311. The maximum atomic E-state index is 12.1. The third-order valence-corrected chi connectivity index (χ3v) is 5.97. The second-order valence-electron chi connectivity index (χ2n) is 7.07. The zero-order valence-corrected chi connectivity index (χ0v) is 19.4. The minimum atomic E-state index is -0.399. The van der Waals surface area contributed by atoms with Crippen molar-refractivity contribution in [2.45, 2.75) is 20.3 Å². The van der Waals surface area contributed by atoms with Gasteiger partial charge in [-0.15, -0.1) is 20.4 Å². The van der Waals surface area contributed by atoms with Crippen molar-refractivity contribution in [1.82, 2.24) is 20.4 Å². The van der Waals surface area contributed by atoms with Crippen molar-refractivity contribution in [2.24, 2.45) is 0 Å². The van der Waals surface area contributed by atoms with Gasteiger partial charge in [-0.25, -0.2) is 9.59 Å². The lowest BCUT2D eigenvalue weighted by molar-refractivity contribution is 0.261. The van der Waals surface area contributed by atoms with Crippen molar-refractivity contribution in [3.8, 4) is 0 Å². The zero-order valence-electron chi connectivity index (χ0n) is 17.7. The summed E-state index contributed by atoms with van der Waals surface area (Å²) in [5.74, 6) is 0. The third kappa shape index (κ3) is 6.54. The number of hydrogen-bond acceptors (Lipinski definition) is 8. The van der Waals surface area contributed by atoms with Gasteiger partial charge in [0.2, 0.25) is 10.3 Å². The molecule has 0 fully saturated rings. The maximum Gasteiger partial charge on any atom is 0.325 e. The molecule has 4 amide bonds. The summed E-state index contributed by atoms with van der Waals surface area (Å²) in [4.78, 5) is 24.3. The Kier molecular flexibility index (Phi) is 6.86. The lowest BCUT2D eigenvalue weighted by atomic mass is 10.2. The van der Waals surface area contributed by atoms with Crippen molar-refractivity contribution < 1.29 is 9.59 Å². The van der Waals surface area contributed by atoms with Crippen LogP contribution in [0, 0.1) is 13.8 Å². The zero-order chi connectivity index (χ0) is 23.2. The lowest BCUT2D eigenvalue weighted by Gasteiger charge is -2.05. The number of rotatable bonds is 6. The van der Waals surface area contributed by atoms with Crippen molar-refractivity contribution in [3.63, 3.8) is 0 Å². The molecule has 0 aliphatic carbocycles. The van der Waals surface area contributed by atoms with Crippen LogP contribution in [0.2, 0.25) is 0 Å². The first-order valence-corrected chi connectivity index (χ1v) is 11.5. The molecule has 2 heterocycles. The number of benzene rings is 2. The van der Waals surface area contributed by atoms with Crippen LogP contribution in [0.15, 0.2) is 48.5 Å². The highest BCUT2D eigenvalue weighted by atomic mass is 32.1. The summed E-state index contributed by atoms with van der Waals surface area (Å²) in [6, 6.07) is 14.1. The molecule has 12 heteroatoms. The Labute approximate surface area is 197 Å². The van der Waals surface area contributed by atoms with E-state index in [1.54, 1.807) is 0 Å². The van der Waals surface area contributed by atoms with Crippen LogP contribution in [0.5, 0.6) is 0 Å². The van der Waals surface area contributed by atoms with Crippen LogP contribution in [-0.4, -0.2) is 32.5 Å². The summed E-state index contributed by atoms with van der Waals surface area (Å²) >= 11 is 2.48. The van der Waals surface area contributed by atoms with E-state index >= 15 is 0 Å². The van der Waals surface area contributed by atoms with E-state index in [0.29, 0.717) is 38.1 Å². The second kappa shape index (κ2) is 10.1. The summed E-state index contributed by atoms with van der Waals surface area (Å²) in [5.41, 5.74) is 3.58. The van der Waals surface area contributed by atoms with Gasteiger partial charge in [-0.05, 0) is 38.1 Å². The van der Waals surface area contributed by atoms with Crippen LogP contribution < -0.4 is 21.3 Å². The number of aromatic nitrogens is 4. The number of carbonyl (C=O) groups excluding carboxylic acids is 2. The highest BCUT2D eigenvalue weighted by Crippen LogP contribution is 2.23. The monoisotopic (exact) mass is 480 g/mol. The Morgan fingerprint density at radius 3 is 1.42 bits per heavy atom. The number of aryl methyl sites for hydroxylation is 2. The molecule has 0 aliphatic heterocycles. The highest BCUT2D eigenvalue weighted by molar-refractivity contribution is 7.16. The molecule has 0 radical (unpaired) electrons. The smallest absolute Gasteiger partial charge is 0.308 e. The number of anilines is 4. The van der Waals surface area contributed by atoms with E-state index < -0.39 is 12.1 Å². The molecule has 4 N–H and O–H groups in total. The Morgan fingerprint density at radius 1 is 0.636 bits per heavy atom. The number of nitrogens with zero attached hydrogens (tertiary/aromatic N) is 4. The van der Waals surface area contributed by atoms with Crippen molar-refractivity contribution in [1.29, 1.82) is 0 Å². The van der Waals surface area contributed by atoms with Crippen LogP contribution in [0.4, 0.5) is 31.2 Å². The number of carbonyl (C=O) groups is 2. The largest absolute Gasteiger partial charge is 0.325 e.